The molecule has 5 rings (SSSR count). The largest absolute Gasteiger partial charge is 2.00 e. The monoisotopic (exact) mass is 681 g/mol. The van der Waals surface area contributed by atoms with E-state index in [0.29, 0.717) is 35.6 Å². The molecule has 246 valence electrons. The third-order valence-corrected chi connectivity index (χ3v) is 7.87. The number of aliphatic hydroxyl groups is 1. The fraction of sp³-hybridized carbons (Fsp3) is 0.175. The van der Waals surface area contributed by atoms with E-state index in [9.17, 15) is 20.1 Å². The molecule has 0 unspecified atom stereocenters. The van der Waals surface area contributed by atoms with Crippen LogP contribution in [0.25, 0.3) is 0 Å². The predicted octanol–water partition coefficient (Wildman–Crippen LogP) is 4.90. The first-order valence-corrected chi connectivity index (χ1v) is 15.7. The van der Waals surface area contributed by atoms with Gasteiger partial charge in [-0.15, -0.1) is 0 Å². The molecule has 0 saturated carbocycles. The van der Waals surface area contributed by atoms with Crippen LogP contribution in [0, 0.1) is 0 Å². The molecule has 48 heavy (non-hydrogen) atoms. The molecule has 7 nitrogen and oxygen atoms in total. The molecule has 2 atom stereocenters. The van der Waals surface area contributed by atoms with Crippen LogP contribution in [0.4, 0.5) is 5.69 Å². The van der Waals surface area contributed by atoms with Crippen LogP contribution in [0.3, 0.4) is 0 Å². The summed E-state index contributed by atoms with van der Waals surface area (Å²) in [5, 5.41) is 36.2. The third kappa shape index (κ3) is 10.1. The van der Waals surface area contributed by atoms with Crippen LogP contribution in [-0.4, -0.2) is 46.8 Å². The summed E-state index contributed by atoms with van der Waals surface area (Å²) in [5.74, 6) is -2.33. The van der Waals surface area contributed by atoms with E-state index in [1.165, 1.54) is 0 Å². The van der Waals surface area contributed by atoms with Crippen LogP contribution >= 0.6 is 0 Å². The van der Waals surface area contributed by atoms with Crippen molar-refractivity contribution in [2.75, 3.05) is 13.2 Å². The Morgan fingerprint density at radius 3 is 1.73 bits per heavy atom. The average molecular weight is 682 g/mol. The maximum absolute atomic E-state index is 13.6. The topological polar surface area (TPSA) is 111 Å². The smallest absolute Gasteiger partial charge is 0.861 e. The number of carboxylic acids is 1. The van der Waals surface area contributed by atoms with Gasteiger partial charge in [0.15, 0.2) is 0 Å². The minimum absolute atomic E-state index is 0. The molecular weight excluding hydrogens is 645 g/mol. The first-order valence-electron chi connectivity index (χ1n) is 15.7. The molecule has 0 bridgehead atoms. The van der Waals surface area contributed by atoms with Crippen LogP contribution in [0.2, 0.25) is 0 Å². The van der Waals surface area contributed by atoms with E-state index in [0.717, 1.165) is 16.7 Å². The van der Waals surface area contributed by atoms with Gasteiger partial charge in [-0.25, -0.2) is 0 Å². The van der Waals surface area contributed by atoms with Crippen molar-refractivity contribution < 1.29 is 36.6 Å². The summed E-state index contributed by atoms with van der Waals surface area (Å²) in [7, 11) is 0. The van der Waals surface area contributed by atoms with Gasteiger partial charge < -0.3 is 20.1 Å². The number of nitrogens with zero attached hydrogens (tertiary/aromatic N) is 3. The molecular formula is C40H37N3NiO4. The van der Waals surface area contributed by atoms with Gasteiger partial charge in [-0.2, -0.15) is 0 Å². The summed E-state index contributed by atoms with van der Waals surface area (Å²) in [6.07, 6.45) is 0.178. The molecule has 5 aromatic rings. The SMILES string of the molecule is O=C([O-])[C@@H](N=C(c1ccccc1)c1ccccc1N=C([O-])CN(Cc1ccccc1)Cc1ccccc1)[C@@H](CCO)c1ccccc1.[Ni+2]. The van der Waals surface area contributed by atoms with Gasteiger partial charge in [-0.3, -0.25) is 14.9 Å². The van der Waals surface area contributed by atoms with Crippen molar-refractivity contribution in [3.63, 3.8) is 0 Å². The number of aliphatic hydroxyl groups excluding tert-OH is 1. The number of carboxylic acid groups (broad SMARTS) is 1. The van der Waals surface area contributed by atoms with Gasteiger partial charge in [0.05, 0.1) is 23.4 Å². The second kappa shape index (κ2) is 18.5. The Kier molecular flexibility index (Phi) is 13.8. The Bertz CT molecular complexity index is 1730. The quantitative estimate of drug-likeness (QED) is 0.0960. The van der Waals surface area contributed by atoms with Crippen LogP contribution < -0.4 is 10.2 Å². The minimum Gasteiger partial charge on any atom is -0.861 e. The van der Waals surface area contributed by atoms with E-state index in [4.69, 9.17) is 4.99 Å². The Morgan fingerprint density at radius 1 is 0.688 bits per heavy atom. The van der Waals surface area contributed by atoms with E-state index in [1.807, 2.05) is 127 Å². The maximum atomic E-state index is 13.6. The Balaban J connectivity index is 0.00000520. The van der Waals surface area contributed by atoms with Crippen molar-refractivity contribution in [2.24, 2.45) is 9.98 Å². The number of carbonyl (C=O) groups is 1. The number of carbonyl (C=O) groups excluding carboxylic acids is 1. The molecule has 5 aromatic carbocycles. The van der Waals surface area contributed by atoms with Gasteiger partial charge >= 0.3 is 16.5 Å². The second-order valence-electron chi connectivity index (χ2n) is 11.3. The van der Waals surface area contributed by atoms with Crippen molar-refractivity contribution >= 4 is 23.3 Å². The Morgan fingerprint density at radius 2 is 1.19 bits per heavy atom. The fourth-order valence-corrected chi connectivity index (χ4v) is 5.67. The van der Waals surface area contributed by atoms with E-state index < -0.39 is 17.9 Å². The number of para-hydroxylation sites is 1. The van der Waals surface area contributed by atoms with Crippen molar-refractivity contribution in [2.45, 2.75) is 31.5 Å². The van der Waals surface area contributed by atoms with Crippen LogP contribution in [-0.2, 0) is 34.4 Å². The van der Waals surface area contributed by atoms with Gasteiger partial charge in [0.1, 0.15) is 0 Å². The zero-order chi connectivity index (χ0) is 32.8. The summed E-state index contributed by atoms with van der Waals surface area (Å²) >= 11 is 0. The number of rotatable bonds is 15. The second-order valence-corrected chi connectivity index (χ2v) is 11.3. The molecule has 0 heterocycles. The zero-order valence-corrected chi connectivity index (χ0v) is 27.4. The van der Waals surface area contributed by atoms with Crippen LogP contribution in [0.1, 0.15) is 40.2 Å². The molecule has 0 fully saturated rings. The maximum Gasteiger partial charge on any atom is 2.00 e. The number of hydrogen-bond donors (Lipinski definition) is 1. The Hall–Kier alpha value is -4.88. The molecule has 0 amide bonds. The zero-order valence-electron chi connectivity index (χ0n) is 26.4. The van der Waals surface area contributed by atoms with Crippen molar-refractivity contribution in [3.05, 3.63) is 173 Å². The Labute approximate surface area is 291 Å². The van der Waals surface area contributed by atoms with Gasteiger partial charge in [-0.05, 0) is 35.1 Å². The van der Waals surface area contributed by atoms with E-state index in [1.54, 1.807) is 18.2 Å². The number of aliphatic carboxylic acids is 1. The van der Waals surface area contributed by atoms with Gasteiger partial charge in [0, 0.05) is 43.3 Å². The van der Waals surface area contributed by atoms with Gasteiger partial charge in [-0.1, -0.05) is 140 Å². The molecule has 0 spiro atoms. The van der Waals surface area contributed by atoms with E-state index in [-0.39, 0.29) is 42.0 Å². The van der Waals surface area contributed by atoms with Crippen LogP contribution in [0.5, 0.6) is 0 Å². The van der Waals surface area contributed by atoms with Crippen molar-refractivity contribution in [1.82, 2.24) is 4.90 Å². The van der Waals surface area contributed by atoms with Gasteiger partial charge in [0.2, 0.25) is 0 Å². The average Bonchev–Trinajstić information content (AvgIpc) is 3.10. The normalized spacial score (nSPS) is 13.0. The summed E-state index contributed by atoms with van der Waals surface area (Å²) in [6, 6.07) is 44.2. The van der Waals surface area contributed by atoms with E-state index in [2.05, 4.69) is 9.89 Å². The standard InChI is InChI=1S/C40H39N3O4.Ni/c44-26-25-34(32-19-9-3-10-20-32)39(40(46)47)42-38(33-21-11-4-12-22-33)35-23-13-14-24-36(35)41-37(45)29-43(27-30-15-5-1-6-16-30)28-31-17-7-2-8-18-31;/h1-24,34,39,44H,25-29H2,(H,41,45)(H,46,47);/q;+2/p-2/t34-,39-;/m0./s1. The van der Waals surface area contributed by atoms with Crippen LogP contribution in [0.15, 0.2) is 156 Å². The van der Waals surface area contributed by atoms with Gasteiger partial charge in [0.25, 0.3) is 0 Å². The predicted molar refractivity (Wildman–Crippen MR) is 182 cm³/mol. The summed E-state index contributed by atoms with van der Waals surface area (Å²) in [5.41, 5.74) is 4.84. The molecule has 0 aliphatic rings. The number of benzene rings is 5. The fourth-order valence-electron chi connectivity index (χ4n) is 5.67. The molecule has 1 N–H and O–H groups in total. The first kappa shape index (κ1) is 36.0. The van der Waals surface area contributed by atoms with Crippen molar-refractivity contribution in [3.8, 4) is 0 Å². The number of hydrogen-bond acceptors (Lipinski definition) is 7. The third-order valence-electron chi connectivity index (χ3n) is 7.87. The molecule has 0 saturated heterocycles. The summed E-state index contributed by atoms with van der Waals surface area (Å²) < 4.78 is 0. The molecule has 0 aliphatic heterocycles. The molecule has 8 heteroatoms. The minimum atomic E-state index is -1.36. The summed E-state index contributed by atoms with van der Waals surface area (Å²) in [4.78, 5) is 24.1. The number of aliphatic imine (C=N–C) groups is 2. The summed E-state index contributed by atoms with van der Waals surface area (Å²) in [6.45, 7) is 0.982. The molecule has 0 aromatic heterocycles. The van der Waals surface area contributed by atoms with Crippen molar-refractivity contribution in [1.29, 1.82) is 0 Å². The van der Waals surface area contributed by atoms with E-state index >= 15 is 0 Å². The first-order chi connectivity index (χ1) is 23.0. The molecule has 0 aliphatic carbocycles. The molecule has 0 radical (unpaired) electrons.